The molecule has 1 heterocycles. The molecule has 0 bridgehead atoms. The minimum atomic E-state index is -1.53. The Morgan fingerprint density at radius 3 is 2.53 bits per heavy atom. The van der Waals surface area contributed by atoms with Crippen molar-refractivity contribution in [1.29, 1.82) is 0 Å². The van der Waals surface area contributed by atoms with Crippen molar-refractivity contribution in [3.63, 3.8) is 0 Å². The van der Waals surface area contributed by atoms with Crippen LogP contribution in [0.5, 0.6) is 0 Å². The van der Waals surface area contributed by atoms with Crippen LogP contribution >= 0.6 is 0 Å². The summed E-state index contributed by atoms with van der Waals surface area (Å²) in [4.78, 5) is 23.1. The molecule has 94 valence electrons. The van der Waals surface area contributed by atoms with Gasteiger partial charge in [0.25, 0.3) is 0 Å². The van der Waals surface area contributed by atoms with Crippen molar-refractivity contribution in [2.45, 2.75) is 24.5 Å². The summed E-state index contributed by atoms with van der Waals surface area (Å²) >= 11 is -1.53. The first-order valence-electron chi connectivity index (χ1n) is 5.48. The molecule has 0 saturated heterocycles. The zero-order chi connectivity index (χ0) is 12.8. The summed E-state index contributed by atoms with van der Waals surface area (Å²) in [7, 11) is 0. The maximum absolute atomic E-state index is 11.7. The van der Waals surface area contributed by atoms with Crippen LogP contribution in [0.25, 0.3) is 0 Å². The predicted molar refractivity (Wildman–Crippen MR) is 65.9 cm³/mol. The molecule has 0 fully saturated rings. The Labute approximate surface area is 106 Å². The zero-order valence-corrected chi connectivity index (χ0v) is 12.0. The molecule has 0 aromatic carbocycles. The number of esters is 2. The first-order chi connectivity index (χ1) is 8.11. The van der Waals surface area contributed by atoms with Crippen LogP contribution in [0.2, 0.25) is 10.6 Å². The SMILES string of the molecule is CCOC(=O)C1=CC=CC(C(=O)OCC)[Se+]1C. The topological polar surface area (TPSA) is 52.6 Å². The fourth-order valence-electron chi connectivity index (χ4n) is 1.45. The van der Waals surface area contributed by atoms with Crippen LogP contribution in [0, 0.1) is 0 Å². The van der Waals surface area contributed by atoms with E-state index in [0.717, 1.165) is 0 Å². The van der Waals surface area contributed by atoms with Crippen molar-refractivity contribution in [1.82, 2.24) is 0 Å². The number of allylic oxidation sites excluding steroid dienone is 2. The molecule has 1 aliphatic heterocycles. The molecule has 4 nitrogen and oxygen atoms in total. The summed E-state index contributed by atoms with van der Waals surface area (Å²) in [5, 5.41) is 0. The van der Waals surface area contributed by atoms with Crippen LogP contribution in [0.4, 0.5) is 0 Å². The molecule has 0 amide bonds. The molecule has 0 spiro atoms. The first-order valence-corrected chi connectivity index (χ1v) is 9.04. The third kappa shape index (κ3) is 3.45. The van der Waals surface area contributed by atoms with E-state index in [4.69, 9.17) is 9.47 Å². The maximum atomic E-state index is 11.7. The Balaban J connectivity index is 2.77. The van der Waals surface area contributed by atoms with Gasteiger partial charge in [0.1, 0.15) is 0 Å². The molecule has 0 N–H and O–H groups in total. The first kappa shape index (κ1) is 14.0. The van der Waals surface area contributed by atoms with Crippen LogP contribution in [0.3, 0.4) is 0 Å². The molecular weight excluding hydrogens is 287 g/mol. The monoisotopic (exact) mass is 305 g/mol. The molecule has 0 aromatic rings. The van der Waals surface area contributed by atoms with Crippen molar-refractivity contribution in [2.24, 2.45) is 0 Å². The van der Waals surface area contributed by atoms with E-state index in [1.54, 1.807) is 26.0 Å². The van der Waals surface area contributed by atoms with Gasteiger partial charge in [-0.15, -0.1) is 0 Å². The standard InChI is InChI=1S/C12H17O4Se/c1-4-15-11(13)9-7-6-8-10(17(9)3)12(14)16-5-2/h6-9H,4-5H2,1-3H3/q+1. The molecule has 1 rings (SSSR count). The van der Waals surface area contributed by atoms with Gasteiger partial charge in [0, 0.05) is 0 Å². The number of ether oxygens (including phenoxy) is 2. The van der Waals surface area contributed by atoms with Gasteiger partial charge in [0.2, 0.25) is 0 Å². The number of rotatable bonds is 4. The molecule has 1 aliphatic rings. The van der Waals surface area contributed by atoms with Gasteiger partial charge in [-0.2, -0.15) is 0 Å². The molecule has 0 saturated carbocycles. The molecule has 0 radical (unpaired) electrons. The quantitative estimate of drug-likeness (QED) is 0.585. The Hall–Kier alpha value is -1.06. The van der Waals surface area contributed by atoms with Gasteiger partial charge in [-0.05, 0) is 0 Å². The van der Waals surface area contributed by atoms with E-state index in [-0.39, 0.29) is 16.8 Å². The predicted octanol–water partition coefficient (Wildman–Crippen LogP) is 1.64. The van der Waals surface area contributed by atoms with Crippen LogP contribution in [0.15, 0.2) is 22.7 Å². The minimum absolute atomic E-state index is 0.244. The van der Waals surface area contributed by atoms with E-state index < -0.39 is 13.9 Å². The molecule has 17 heavy (non-hydrogen) atoms. The number of carbonyl (C=O) groups is 2. The Morgan fingerprint density at radius 2 is 1.94 bits per heavy atom. The molecule has 5 heteroatoms. The number of carbonyl (C=O) groups excluding carboxylic acids is 2. The van der Waals surface area contributed by atoms with Crippen LogP contribution in [-0.2, 0) is 19.1 Å². The average Bonchev–Trinajstić information content (AvgIpc) is 2.29. The molecular formula is C12H17O4Se+. The van der Waals surface area contributed by atoms with Crippen molar-refractivity contribution in [3.8, 4) is 0 Å². The summed E-state index contributed by atoms with van der Waals surface area (Å²) in [6.07, 6.45) is 5.29. The Bertz CT molecular complexity index is 360. The van der Waals surface area contributed by atoms with E-state index in [0.29, 0.717) is 17.7 Å². The third-order valence-corrected chi connectivity index (χ3v) is 6.68. The molecule has 0 aliphatic carbocycles. The van der Waals surface area contributed by atoms with Crippen LogP contribution in [-0.4, -0.2) is 39.1 Å². The van der Waals surface area contributed by atoms with E-state index in [1.165, 1.54) is 0 Å². The fourth-order valence-corrected chi connectivity index (χ4v) is 4.75. The van der Waals surface area contributed by atoms with Gasteiger partial charge in [0.05, 0.1) is 0 Å². The van der Waals surface area contributed by atoms with E-state index >= 15 is 0 Å². The fraction of sp³-hybridized carbons (Fsp3) is 0.500. The van der Waals surface area contributed by atoms with Crippen molar-refractivity contribution in [2.75, 3.05) is 13.2 Å². The van der Waals surface area contributed by atoms with Gasteiger partial charge in [0.15, 0.2) is 0 Å². The van der Waals surface area contributed by atoms with Crippen LogP contribution in [0.1, 0.15) is 13.8 Å². The van der Waals surface area contributed by atoms with E-state index in [2.05, 4.69) is 0 Å². The summed E-state index contributed by atoms with van der Waals surface area (Å²) in [5.41, 5.74) is 0. The third-order valence-electron chi connectivity index (χ3n) is 2.26. The molecule has 2 atom stereocenters. The summed E-state index contributed by atoms with van der Waals surface area (Å²) in [6.45, 7) is 4.26. The van der Waals surface area contributed by atoms with Gasteiger partial charge < -0.3 is 0 Å². The normalized spacial score (nSPS) is 22.9. The van der Waals surface area contributed by atoms with Gasteiger partial charge in [-0.3, -0.25) is 0 Å². The van der Waals surface area contributed by atoms with E-state index in [1.807, 2.05) is 11.9 Å². The van der Waals surface area contributed by atoms with Crippen molar-refractivity contribution < 1.29 is 19.1 Å². The summed E-state index contributed by atoms with van der Waals surface area (Å²) in [5.74, 6) is 1.40. The Kier molecular flexibility index (Phi) is 5.45. The van der Waals surface area contributed by atoms with Crippen molar-refractivity contribution in [3.05, 3.63) is 22.7 Å². The van der Waals surface area contributed by atoms with Gasteiger partial charge >= 0.3 is 105 Å². The number of hydrogen-bond acceptors (Lipinski definition) is 4. The summed E-state index contributed by atoms with van der Waals surface area (Å²) < 4.78 is 10.6. The van der Waals surface area contributed by atoms with Gasteiger partial charge in [-0.25, -0.2) is 0 Å². The average molecular weight is 304 g/mol. The second kappa shape index (κ2) is 6.62. The van der Waals surface area contributed by atoms with Crippen molar-refractivity contribution >= 4 is 25.8 Å². The molecule has 2 unspecified atom stereocenters. The van der Waals surface area contributed by atoms with Gasteiger partial charge in [-0.1, -0.05) is 0 Å². The Morgan fingerprint density at radius 1 is 1.29 bits per heavy atom. The molecule has 0 aromatic heterocycles. The second-order valence-corrected chi connectivity index (χ2v) is 7.70. The summed E-state index contributed by atoms with van der Waals surface area (Å²) in [6, 6.07) is 0. The number of hydrogen-bond donors (Lipinski definition) is 0. The van der Waals surface area contributed by atoms with Crippen LogP contribution < -0.4 is 0 Å². The second-order valence-electron chi connectivity index (χ2n) is 3.37. The zero-order valence-electron chi connectivity index (χ0n) is 10.3. The van der Waals surface area contributed by atoms with E-state index in [9.17, 15) is 9.59 Å².